The molecule has 1 aliphatic rings. The molecular weight excluding hydrogens is 504 g/mol. The molecule has 8 heteroatoms. The fourth-order valence-electron chi connectivity index (χ4n) is 4.51. The van der Waals surface area contributed by atoms with Crippen LogP contribution in [-0.2, 0) is 39.8 Å². The molecule has 0 radical (unpaired) electrons. The number of rotatable bonds is 9. The van der Waals surface area contributed by atoms with Crippen molar-refractivity contribution in [2.45, 2.75) is 77.3 Å². The van der Waals surface area contributed by atoms with E-state index in [1.807, 2.05) is 31.4 Å². The van der Waals surface area contributed by atoms with E-state index in [1.165, 1.54) is 32.5 Å². The maximum absolute atomic E-state index is 12.1. The number of thioether (sulfide) groups is 1. The van der Waals surface area contributed by atoms with Gasteiger partial charge >= 0.3 is 17.9 Å². The monoisotopic (exact) mass is 540 g/mol. The van der Waals surface area contributed by atoms with Gasteiger partial charge in [0.1, 0.15) is 11.5 Å². The Labute approximate surface area is 228 Å². The van der Waals surface area contributed by atoms with Crippen molar-refractivity contribution in [2.75, 3.05) is 6.26 Å². The van der Waals surface area contributed by atoms with E-state index in [4.69, 9.17) is 18.9 Å². The molecule has 2 aromatic carbocycles. The number of carbonyl (C=O) groups is 3. The molecule has 0 amide bonds. The Morgan fingerprint density at radius 1 is 0.895 bits per heavy atom. The van der Waals surface area contributed by atoms with Crippen LogP contribution in [0.5, 0.6) is 0 Å². The van der Waals surface area contributed by atoms with Gasteiger partial charge in [0.15, 0.2) is 18.3 Å². The summed E-state index contributed by atoms with van der Waals surface area (Å²) in [6.45, 7) is 7.97. The lowest BCUT2D eigenvalue weighted by atomic mass is 9.90. The minimum absolute atomic E-state index is 0.552. The van der Waals surface area contributed by atoms with Crippen molar-refractivity contribution in [2.24, 2.45) is 0 Å². The van der Waals surface area contributed by atoms with Gasteiger partial charge < -0.3 is 18.9 Å². The summed E-state index contributed by atoms with van der Waals surface area (Å²) in [5.74, 6) is -1.69. The van der Waals surface area contributed by atoms with Gasteiger partial charge in [-0.15, -0.1) is 11.8 Å². The highest BCUT2D eigenvalue weighted by Gasteiger charge is 2.52. The fourth-order valence-corrected chi connectivity index (χ4v) is 5.22. The Balaban J connectivity index is 1.98. The molecule has 0 aliphatic carbocycles. The molecule has 3 rings (SSSR count). The first-order valence-electron chi connectivity index (χ1n) is 12.7. The van der Waals surface area contributed by atoms with Crippen LogP contribution in [0.2, 0.25) is 0 Å². The molecule has 1 saturated heterocycles. The normalized spacial score (nSPS) is 23.2. The van der Waals surface area contributed by atoms with Crippen LogP contribution in [0.25, 0.3) is 6.08 Å². The number of allylic oxidation sites excluding steroid dienone is 1. The van der Waals surface area contributed by atoms with Crippen molar-refractivity contribution in [1.29, 1.82) is 0 Å². The summed E-state index contributed by atoms with van der Waals surface area (Å²) in [6, 6.07) is 14.4. The first-order valence-corrected chi connectivity index (χ1v) is 14.0. The molecular formula is C30H36O7S. The summed E-state index contributed by atoms with van der Waals surface area (Å²) in [5.41, 5.74) is 4.65. The molecule has 1 heterocycles. The first kappa shape index (κ1) is 29.5. The Morgan fingerprint density at radius 2 is 1.50 bits per heavy atom. The maximum atomic E-state index is 12.1. The number of carbonyl (C=O) groups excluding carboxylic acids is 3. The predicted octanol–water partition coefficient (Wildman–Crippen LogP) is 5.56. The average molecular weight is 541 g/mol. The second-order valence-electron chi connectivity index (χ2n) is 9.30. The highest BCUT2D eigenvalue weighted by molar-refractivity contribution is 7.99. The van der Waals surface area contributed by atoms with Crippen LogP contribution in [-0.4, -0.2) is 47.9 Å². The van der Waals surface area contributed by atoms with E-state index >= 15 is 0 Å². The van der Waals surface area contributed by atoms with Crippen molar-refractivity contribution in [3.63, 3.8) is 0 Å². The third kappa shape index (κ3) is 7.71. The lowest BCUT2D eigenvalue weighted by Crippen LogP contribution is -2.57. The van der Waals surface area contributed by atoms with Crippen LogP contribution in [0.15, 0.2) is 48.5 Å². The topological polar surface area (TPSA) is 88.1 Å². The zero-order valence-corrected chi connectivity index (χ0v) is 23.6. The third-order valence-corrected chi connectivity index (χ3v) is 7.10. The average Bonchev–Trinajstić information content (AvgIpc) is 2.86. The van der Waals surface area contributed by atoms with Gasteiger partial charge in [0, 0.05) is 20.8 Å². The van der Waals surface area contributed by atoms with Crippen molar-refractivity contribution in [1.82, 2.24) is 0 Å². The summed E-state index contributed by atoms with van der Waals surface area (Å²) >= 11 is 1.33. The van der Waals surface area contributed by atoms with E-state index in [0.29, 0.717) is 6.42 Å². The largest absolute Gasteiger partial charge is 0.455 e. The number of esters is 3. The Hall–Kier alpha value is -3.10. The quantitative estimate of drug-likeness (QED) is 0.302. The van der Waals surface area contributed by atoms with Crippen molar-refractivity contribution in [3.8, 4) is 0 Å². The van der Waals surface area contributed by atoms with E-state index in [2.05, 4.69) is 43.3 Å². The fraction of sp³-hybridized carbons (Fsp3) is 0.433. The second kappa shape index (κ2) is 13.6. The van der Waals surface area contributed by atoms with Crippen LogP contribution < -0.4 is 0 Å². The number of benzene rings is 2. The molecule has 7 nitrogen and oxygen atoms in total. The molecule has 0 spiro atoms. The minimum atomic E-state index is -1.04. The second-order valence-corrected chi connectivity index (χ2v) is 10.2. The highest BCUT2D eigenvalue weighted by atomic mass is 32.2. The molecule has 0 saturated carbocycles. The number of ether oxygens (including phenoxy) is 4. The van der Waals surface area contributed by atoms with Gasteiger partial charge in [-0.2, -0.15) is 0 Å². The predicted molar refractivity (Wildman–Crippen MR) is 148 cm³/mol. The smallest absolute Gasteiger partial charge is 0.303 e. The van der Waals surface area contributed by atoms with Crippen LogP contribution in [0.3, 0.4) is 0 Å². The standard InChI is InChI=1S/C30H36O7S/c1-7-8-9-22-11-13-23(14-12-22)16-25-17-24(15-10-18(25)2)26-27(34-19(3)31)28(35-20(4)32)29(36-21(5)33)30(37-26)38-6/h8-15,17,26-30H,7,16H2,1-6H3/b9-8+/t26-,27-,28+,29-,30+/m0/s1. The van der Waals surface area contributed by atoms with Crippen molar-refractivity contribution < 1.29 is 33.3 Å². The molecule has 2 aromatic rings. The number of hydrogen-bond donors (Lipinski definition) is 0. The molecule has 1 fully saturated rings. The van der Waals surface area contributed by atoms with Crippen molar-refractivity contribution in [3.05, 3.63) is 76.4 Å². The van der Waals surface area contributed by atoms with Gasteiger partial charge in [-0.1, -0.05) is 61.5 Å². The van der Waals surface area contributed by atoms with E-state index < -0.39 is 47.8 Å². The molecule has 1 aliphatic heterocycles. The highest BCUT2D eigenvalue weighted by Crippen LogP contribution is 2.40. The van der Waals surface area contributed by atoms with Crippen LogP contribution in [0.1, 0.15) is 68.0 Å². The van der Waals surface area contributed by atoms with E-state index in [-0.39, 0.29) is 0 Å². The number of hydrogen-bond acceptors (Lipinski definition) is 8. The van der Waals surface area contributed by atoms with Crippen molar-refractivity contribution >= 4 is 35.7 Å². The SMILES string of the molecule is CC/C=C/c1ccc(Cc2cc([C@@H]3O[C@H](SC)[C@@H](OC(C)=O)[C@H](OC(C)=O)[C@H]3OC(C)=O)ccc2C)cc1. The summed E-state index contributed by atoms with van der Waals surface area (Å²) in [7, 11) is 0. The molecule has 0 N–H and O–H groups in total. The van der Waals surface area contributed by atoms with E-state index in [9.17, 15) is 14.4 Å². The zero-order valence-electron chi connectivity index (χ0n) is 22.8. The van der Waals surface area contributed by atoms with Gasteiger partial charge in [-0.3, -0.25) is 14.4 Å². The Morgan fingerprint density at radius 3 is 2.08 bits per heavy atom. The maximum Gasteiger partial charge on any atom is 0.303 e. The first-order chi connectivity index (χ1) is 18.1. The number of aryl methyl sites for hydroxylation is 1. The van der Waals surface area contributed by atoms with Crippen LogP contribution in [0, 0.1) is 6.92 Å². The Bertz CT molecular complexity index is 1160. The molecule has 0 bridgehead atoms. The van der Waals surface area contributed by atoms with Crippen LogP contribution in [0.4, 0.5) is 0 Å². The summed E-state index contributed by atoms with van der Waals surface area (Å²) in [6.07, 6.45) is 4.01. The molecule has 204 valence electrons. The Kier molecular flexibility index (Phi) is 10.6. The van der Waals surface area contributed by atoms with E-state index in [1.54, 1.807) is 0 Å². The van der Waals surface area contributed by atoms with E-state index in [0.717, 1.165) is 34.2 Å². The van der Waals surface area contributed by atoms with Gasteiger partial charge in [0.05, 0.1) is 0 Å². The summed E-state index contributed by atoms with van der Waals surface area (Å²) in [5, 5.41) is 0. The molecule has 0 aromatic heterocycles. The summed E-state index contributed by atoms with van der Waals surface area (Å²) in [4.78, 5) is 36.0. The van der Waals surface area contributed by atoms with Gasteiger partial charge in [-0.25, -0.2) is 0 Å². The zero-order chi connectivity index (χ0) is 27.8. The van der Waals surface area contributed by atoms with Gasteiger partial charge in [0.25, 0.3) is 0 Å². The molecule has 0 unspecified atom stereocenters. The minimum Gasteiger partial charge on any atom is -0.455 e. The van der Waals surface area contributed by atoms with Gasteiger partial charge in [-0.05, 0) is 53.8 Å². The summed E-state index contributed by atoms with van der Waals surface area (Å²) < 4.78 is 23.1. The lowest BCUT2D eigenvalue weighted by Gasteiger charge is -2.44. The van der Waals surface area contributed by atoms with Gasteiger partial charge in [0.2, 0.25) is 0 Å². The van der Waals surface area contributed by atoms with Crippen LogP contribution >= 0.6 is 11.8 Å². The lowest BCUT2D eigenvalue weighted by molar-refractivity contribution is -0.233. The molecule has 5 atom stereocenters. The molecule has 38 heavy (non-hydrogen) atoms. The third-order valence-electron chi connectivity index (χ3n) is 6.26.